The lowest BCUT2D eigenvalue weighted by atomic mass is 9.97. The number of carbonyl (C=O) groups is 1. The number of H-pyrrole nitrogens is 1. The SMILES string of the molecule is CN1CCCC1c1ccc(Nc2cc(-c3ccc(F)c(NC(=O)c4ccc(C(C)(C)O)cc4)c3)n[nH]c2=O)nc1. The van der Waals surface area contributed by atoms with Crippen LogP contribution in [0.2, 0.25) is 0 Å². The number of carbonyl (C=O) groups excluding carboxylic acids is 1. The van der Waals surface area contributed by atoms with E-state index in [1.165, 1.54) is 18.2 Å². The second-order valence-electron chi connectivity index (χ2n) is 10.5. The third kappa shape index (κ3) is 5.93. The molecule has 9 nitrogen and oxygen atoms in total. The van der Waals surface area contributed by atoms with E-state index in [1.54, 1.807) is 44.2 Å². The minimum absolute atomic E-state index is 0.0364. The first-order chi connectivity index (χ1) is 19.1. The van der Waals surface area contributed by atoms with E-state index in [9.17, 15) is 19.1 Å². The van der Waals surface area contributed by atoms with Crippen molar-refractivity contribution in [3.63, 3.8) is 0 Å². The number of aromatic nitrogens is 3. The van der Waals surface area contributed by atoms with Gasteiger partial charge < -0.3 is 15.7 Å². The van der Waals surface area contributed by atoms with E-state index in [0.717, 1.165) is 24.9 Å². The number of halogens is 1. The number of amides is 1. The highest BCUT2D eigenvalue weighted by Crippen LogP contribution is 2.31. The first-order valence-electron chi connectivity index (χ1n) is 13.1. The zero-order valence-corrected chi connectivity index (χ0v) is 22.5. The van der Waals surface area contributed by atoms with Gasteiger partial charge in [0.05, 0.1) is 17.0 Å². The monoisotopic (exact) mass is 542 g/mol. The van der Waals surface area contributed by atoms with E-state index in [-0.39, 0.29) is 11.4 Å². The molecule has 2 aromatic heterocycles. The van der Waals surface area contributed by atoms with Crippen LogP contribution in [0.5, 0.6) is 0 Å². The Kier molecular flexibility index (Phi) is 7.46. The molecule has 40 heavy (non-hydrogen) atoms. The molecule has 4 aromatic rings. The molecule has 1 atom stereocenters. The van der Waals surface area contributed by atoms with Crippen molar-refractivity contribution < 1.29 is 14.3 Å². The quantitative estimate of drug-likeness (QED) is 0.260. The summed E-state index contributed by atoms with van der Waals surface area (Å²) in [6.07, 6.45) is 4.06. The number of nitrogens with one attached hydrogen (secondary N) is 3. The maximum Gasteiger partial charge on any atom is 0.287 e. The molecule has 206 valence electrons. The summed E-state index contributed by atoms with van der Waals surface area (Å²) in [6.45, 7) is 4.36. The number of rotatable bonds is 7. The highest BCUT2D eigenvalue weighted by atomic mass is 19.1. The number of hydrogen-bond donors (Lipinski definition) is 4. The van der Waals surface area contributed by atoms with Gasteiger partial charge in [-0.15, -0.1) is 0 Å². The standard InChI is InChI=1S/C30H31FN6O3/c1-30(2,40)21-10-6-18(7-11-21)28(38)34-24-15-19(8-12-22(24)31)23-16-25(29(39)36-35-23)33-27-13-9-20(17-32-27)26-5-4-14-37(26)3/h6-13,15-17,26,40H,4-5,14H2,1-3H3,(H,34,38)(H,36,39)(H,32,33,35). The van der Waals surface area contributed by atoms with Crippen LogP contribution in [-0.4, -0.2) is 44.7 Å². The van der Waals surface area contributed by atoms with Gasteiger partial charge in [0.2, 0.25) is 0 Å². The van der Waals surface area contributed by atoms with E-state index >= 15 is 0 Å². The molecule has 0 saturated carbocycles. The molecule has 1 aliphatic heterocycles. The summed E-state index contributed by atoms with van der Waals surface area (Å²) < 4.78 is 14.6. The first-order valence-corrected chi connectivity index (χ1v) is 13.1. The Bertz CT molecular complexity index is 1580. The Labute approximate surface area is 231 Å². The molecule has 0 bridgehead atoms. The van der Waals surface area contributed by atoms with E-state index in [2.05, 4.69) is 37.8 Å². The molecule has 1 fully saturated rings. The maximum atomic E-state index is 14.6. The molecule has 2 aromatic carbocycles. The second kappa shape index (κ2) is 11.0. The van der Waals surface area contributed by atoms with Gasteiger partial charge in [-0.05, 0) is 93.9 Å². The second-order valence-corrected chi connectivity index (χ2v) is 10.5. The molecule has 10 heteroatoms. The average molecular weight is 543 g/mol. The third-order valence-corrected chi connectivity index (χ3v) is 7.12. The number of nitrogens with zero attached hydrogens (tertiary/aromatic N) is 3. The van der Waals surface area contributed by atoms with Gasteiger partial charge >= 0.3 is 0 Å². The first kappa shape index (κ1) is 27.2. The van der Waals surface area contributed by atoms with Gasteiger partial charge in [0.1, 0.15) is 17.3 Å². The maximum absolute atomic E-state index is 14.6. The molecule has 1 amide bonds. The van der Waals surface area contributed by atoms with Crippen molar-refractivity contribution in [1.82, 2.24) is 20.1 Å². The van der Waals surface area contributed by atoms with Crippen molar-refractivity contribution in [2.75, 3.05) is 24.2 Å². The van der Waals surface area contributed by atoms with Gasteiger partial charge in [-0.2, -0.15) is 5.10 Å². The highest BCUT2D eigenvalue weighted by molar-refractivity contribution is 6.04. The van der Waals surface area contributed by atoms with Crippen LogP contribution >= 0.6 is 0 Å². The molecular weight excluding hydrogens is 511 g/mol. The van der Waals surface area contributed by atoms with Gasteiger partial charge in [0.25, 0.3) is 11.5 Å². The van der Waals surface area contributed by atoms with Crippen LogP contribution in [0.4, 0.5) is 21.6 Å². The van der Waals surface area contributed by atoms with E-state index in [1.807, 2.05) is 18.3 Å². The molecule has 1 aliphatic rings. The molecule has 3 heterocycles. The van der Waals surface area contributed by atoms with Crippen molar-refractivity contribution in [1.29, 1.82) is 0 Å². The zero-order valence-electron chi connectivity index (χ0n) is 22.5. The van der Waals surface area contributed by atoms with Crippen LogP contribution in [0.25, 0.3) is 11.3 Å². The topological polar surface area (TPSA) is 123 Å². The summed E-state index contributed by atoms with van der Waals surface area (Å²) in [7, 11) is 2.10. The van der Waals surface area contributed by atoms with E-state index in [0.29, 0.717) is 34.2 Å². The Hall–Kier alpha value is -4.41. The van der Waals surface area contributed by atoms with E-state index in [4.69, 9.17) is 0 Å². The molecule has 4 N–H and O–H groups in total. The molecule has 1 saturated heterocycles. The van der Waals surface area contributed by atoms with Crippen molar-refractivity contribution in [2.24, 2.45) is 0 Å². The molecular formula is C30H31FN6O3. The van der Waals surface area contributed by atoms with Crippen LogP contribution in [-0.2, 0) is 5.60 Å². The minimum atomic E-state index is -1.04. The normalized spacial score (nSPS) is 15.7. The molecule has 1 unspecified atom stereocenters. The van der Waals surface area contributed by atoms with E-state index < -0.39 is 22.9 Å². The summed E-state index contributed by atoms with van der Waals surface area (Å²) in [6, 6.07) is 16.4. The molecule has 0 aliphatic carbocycles. The fourth-order valence-electron chi connectivity index (χ4n) is 4.80. The predicted octanol–water partition coefficient (Wildman–Crippen LogP) is 4.96. The van der Waals surface area contributed by atoms with Crippen molar-refractivity contribution in [3.05, 3.63) is 99.7 Å². The van der Waals surface area contributed by atoms with Crippen molar-refractivity contribution >= 4 is 23.1 Å². The number of aromatic amines is 1. The van der Waals surface area contributed by atoms with Crippen LogP contribution in [0.1, 0.15) is 54.2 Å². The Balaban J connectivity index is 1.34. The summed E-state index contributed by atoms with van der Waals surface area (Å²) in [5, 5.41) is 22.3. The fourth-order valence-corrected chi connectivity index (χ4v) is 4.80. The Morgan fingerprint density at radius 2 is 1.88 bits per heavy atom. The largest absolute Gasteiger partial charge is 0.386 e. The van der Waals surface area contributed by atoms with Gasteiger partial charge in [0.15, 0.2) is 0 Å². The predicted molar refractivity (Wildman–Crippen MR) is 152 cm³/mol. The summed E-state index contributed by atoms with van der Waals surface area (Å²) in [5.41, 5.74) is 1.66. The smallest absolute Gasteiger partial charge is 0.287 e. The number of anilines is 3. The Morgan fingerprint density at radius 3 is 2.52 bits per heavy atom. The van der Waals surface area contributed by atoms with Gasteiger partial charge in [-0.3, -0.25) is 14.5 Å². The zero-order chi connectivity index (χ0) is 28.4. The van der Waals surface area contributed by atoms with Crippen molar-refractivity contribution in [2.45, 2.75) is 38.3 Å². The van der Waals surface area contributed by atoms with Crippen LogP contribution in [0.3, 0.4) is 0 Å². The Morgan fingerprint density at radius 1 is 1.10 bits per heavy atom. The van der Waals surface area contributed by atoms with Gasteiger partial charge in [0, 0.05) is 23.4 Å². The summed E-state index contributed by atoms with van der Waals surface area (Å²) in [5.74, 6) is -0.617. The van der Waals surface area contributed by atoms with Gasteiger partial charge in [-0.25, -0.2) is 14.5 Å². The lowest BCUT2D eigenvalue weighted by molar-refractivity contribution is 0.0785. The molecule has 5 rings (SSSR count). The number of benzene rings is 2. The molecule has 0 radical (unpaired) electrons. The van der Waals surface area contributed by atoms with Crippen molar-refractivity contribution in [3.8, 4) is 11.3 Å². The number of aliphatic hydroxyl groups is 1. The van der Waals surface area contributed by atoms with Crippen LogP contribution < -0.4 is 16.2 Å². The van der Waals surface area contributed by atoms with Crippen LogP contribution in [0.15, 0.2) is 71.7 Å². The highest BCUT2D eigenvalue weighted by Gasteiger charge is 2.23. The average Bonchev–Trinajstić information content (AvgIpc) is 3.37. The summed E-state index contributed by atoms with van der Waals surface area (Å²) >= 11 is 0. The number of likely N-dealkylation sites (tertiary alicyclic amines) is 1. The number of pyridine rings is 1. The minimum Gasteiger partial charge on any atom is -0.386 e. The van der Waals surface area contributed by atoms with Gasteiger partial charge in [-0.1, -0.05) is 18.2 Å². The lowest BCUT2D eigenvalue weighted by Crippen LogP contribution is -2.18. The van der Waals surface area contributed by atoms with Crippen LogP contribution in [0, 0.1) is 5.82 Å². The lowest BCUT2D eigenvalue weighted by Gasteiger charge is -2.19. The molecule has 0 spiro atoms. The fraction of sp³-hybridized carbons (Fsp3) is 0.267. The summed E-state index contributed by atoms with van der Waals surface area (Å²) in [4.78, 5) is 32.1. The third-order valence-electron chi connectivity index (χ3n) is 7.12. The number of hydrogen-bond acceptors (Lipinski definition) is 7.